The second-order valence-electron chi connectivity index (χ2n) is 4.13. The summed E-state index contributed by atoms with van der Waals surface area (Å²) in [6.07, 6.45) is 0.785. The van der Waals surface area contributed by atoms with E-state index in [4.69, 9.17) is 9.47 Å². The molecule has 0 bridgehead atoms. The van der Waals surface area contributed by atoms with Crippen LogP contribution >= 0.6 is 0 Å². The van der Waals surface area contributed by atoms with Crippen molar-refractivity contribution in [2.24, 2.45) is 7.05 Å². The molecule has 0 fully saturated rings. The van der Waals surface area contributed by atoms with E-state index in [2.05, 4.69) is 5.10 Å². The van der Waals surface area contributed by atoms with E-state index in [-0.39, 0.29) is 0 Å². The van der Waals surface area contributed by atoms with Crippen molar-refractivity contribution in [1.29, 1.82) is 0 Å². The molecule has 0 saturated carbocycles. The lowest BCUT2D eigenvalue weighted by atomic mass is 10.1. The van der Waals surface area contributed by atoms with Crippen LogP contribution in [0.4, 0.5) is 0 Å². The average Bonchev–Trinajstić information content (AvgIpc) is 2.80. The van der Waals surface area contributed by atoms with Gasteiger partial charge in [-0.05, 0) is 24.6 Å². The fraction of sp³-hybridized carbons (Fsp3) is 0.357. The Balaban J connectivity index is 2.35. The van der Waals surface area contributed by atoms with Gasteiger partial charge in [-0.25, -0.2) is 0 Å². The summed E-state index contributed by atoms with van der Waals surface area (Å²) in [7, 11) is 3.33. The zero-order valence-electron chi connectivity index (χ0n) is 11.3. The molecule has 0 saturated heterocycles. The number of aliphatic hydroxyl groups is 1. The topological polar surface area (TPSA) is 56.5 Å². The Morgan fingerprint density at radius 3 is 2.89 bits per heavy atom. The quantitative estimate of drug-likeness (QED) is 0.894. The normalized spacial score (nSPS) is 12.2. The summed E-state index contributed by atoms with van der Waals surface area (Å²) in [5.74, 6) is 1.30. The fourth-order valence-corrected chi connectivity index (χ4v) is 1.99. The van der Waals surface area contributed by atoms with E-state index < -0.39 is 6.10 Å². The highest BCUT2D eigenvalue weighted by Gasteiger charge is 2.20. The lowest BCUT2D eigenvalue weighted by Crippen LogP contribution is -2.08. The Labute approximate surface area is 112 Å². The summed E-state index contributed by atoms with van der Waals surface area (Å²) >= 11 is 0. The molecule has 0 spiro atoms. The summed E-state index contributed by atoms with van der Waals surface area (Å²) in [5.41, 5.74) is 1.36. The van der Waals surface area contributed by atoms with E-state index in [1.165, 1.54) is 0 Å². The molecule has 1 N–H and O–H groups in total. The van der Waals surface area contributed by atoms with E-state index >= 15 is 0 Å². The predicted molar refractivity (Wildman–Crippen MR) is 71.4 cm³/mol. The molecule has 5 nitrogen and oxygen atoms in total. The lowest BCUT2D eigenvalue weighted by Gasteiger charge is -2.14. The average molecular weight is 262 g/mol. The van der Waals surface area contributed by atoms with Gasteiger partial charge in [0.15, 0.2) is 5.75 Å². The molecule has 0 aliphatic carbocycles. The molecule has 5 heteroatoms. The fourth-order valence-electron chi connectivity index (χ4n) is 1.99. The van der Waals surface area contributed by atoms with Crippen LogP contribution in [0.2, 0.25) is 0 Å². The molecule has 1 heterocycles. The summed E-state index contributed by atoms with van der Waals surface area (Å²) < 4.78 is 12.3. The number of aliphatic hydroxyl groups excluding tert-OH is 1. The van der Waals surface area contributed by atoms with Gasteiger partial charge in [-0.3, -0.25) is 4.68 Å². The largest absolute Gasteiger partial charge is 0.494 e. The first-order valence-electron chi connectivity index (χ1n) is 6.14. The van der Waals surface area contributed by atoms with Crippen LogP contribution in [0.1, 0.15) is 24.3 Å². The molecule has 0 amide bonds. The molecule has 1 atom stereocenters. The van der Waals surface area contributed by atoms with Crippen LogP contribution in [0.25, 0.3) is 0 Å². The Morgan fingerprint density at radius 1 is 1.42 bits per heavy atom. The van der Waals surface area contributed by atoms with E-state index in [0.29, 0.717) is 18.1 Å². The van der Waals surface area contributed by atoms with Gasteiger partial charge in [0.2, 0.25) is 0 Å². The Hall–Kier alpha value is -2.01. The number of hydrogen-bond donors (Lipinski definition) is 1. The highest BCUT2D eigenvalue weighted by Crippen LogP contribution is 2.30. The highest BCUT2D eigenvalue weighted by atomic mass is 16.5. The van der Waals surface area contributed by atoms with Crippen LogP contribution in [0.3, 0.4) is 0 Å². The number of benzene rings is 1. The maximum atomic E-state index is 10.5. The van der Waals surface area contributed by atoms with Gasteiger partial charge in [0, 0.05) is 7.05 Å². The summed E-state index contributed by atoms with van der Waals surface area (Å²) in [5, 5.41) is 14.6. The first kappa shape index (κ1) is 13.4. The number of hydrogen-bond acceptors (Lipinski definition) is 4. The number of aryl methyl sites for hydroxylation is 1. The molecule has 2 rings (SSSR count). The van der Waals surface area contributed by atoms with E-state index in [1.807, 2.05) is 31.2 Å². The molecular weight excluding hydrogens is 244 g/mol. The minimum absolute atomic E-state index is 0.566. The SMILES string of the molecule is CCOc1cccc(C(O)c2c(OC)cnn2C)c1. The Bertz CT molecular complexity index is 551. The highest BCUT2D eigenvalue weighted by molar-refractivity contribution is 5.38. The van der Waals surface area contributed by atoms with Gasteiger partial charge in [0.05, 0.1) is 19.9 Å². The van der Waals surface area contributed by atoms with Gasteiger partial charge in [-0.15, -0.1) is 0 Å². The molecule has 1 aromatic heterocycles. The standard InChI is InChI=1S/C14H18N2O3/c1-4-19-11-7-5-6-10(8-11)14(17)13-12(18-3)9-15-16(13)2/h5-9,14,17H,4H2,1-3H3. The summed E-state index contributed by atoms with van der Waals surface area (Å²) in [4.78, 5) is 0. The van der Waals surface area contributed by atoms with Crippen molar-refractivity contribution in [3.63, 3.8) is 0 Å². The van der Waals surface area contributed by atoms with Crippen molar-refractivity contribution in [2.75, 3.05) is 13.7 Å². The van der Waals surface area contributed by atoms with E-state index in [0.717, 1.165) is 11.3 Å². The van der Waals surface area contributed by atoms with Crippen LogP contribution < -0.4 is 9.47 Å². The smallest absolute Gasteiger partial charge is 0.162 e. The molecule has 1 unspecified atom stereocenters. The van der Waals surface area contributed by atoms with Gasteiger partial charge >= 0.3 is 0 Å². The van der Waals surface area contributed by atoms with Crippen molar-refractivity contribution in [3.05, 3.63) is 41.7 Å². The van der Waals surface area contributed by atoms with Crippen molar-refractivity contribution in [2.45, 2.75) is 13.0 Å². The van der Waals surface area contributed by atoms with Crippen molar-refractivity contribution in [1.82, 2.24) is 9.78 Å². The number of aromatic nitrogens is 2. The van der Waals surface area contributed by atoms with Gasteiger partial charge < -0.3 is 14.6 Å². The molecule has 19 heavy (non-hydrogen) atoms. The second kappa shape index (κ2) is 5.75. The van der Waals surface area contributed by atoms with Gasteiger partial charge in [-0.2, -0.15) is 5.10 Å². The number of ether oxygens (including phenoxy) is 2. The maximum absolute atomic E-state index is 10.5. The first-order valence-corrected chi connectivity index (χ1v) is 6.14. The third-order valence-electron chi connectivity index (χ3n) is 2.91. The number of nitrogens with zero attached hydrogens (tertiary/aromatic N) is 2. The van der Waals surface area contributed by atoms with E-state index in [1.54, 1.807) is 25.0 Å². The predicted octanol–water partition coefficient (Wildman–Crippen LogP) is 1.91. The summed E-state index contributed by atoms with van der Waals surface area (Å²) in [6.45, 7) is 2.52. The van der Waals surface area contributed by atoms with Crippen LogP contribution in [-0.4, -0.2) is 28.6 Å². The number of rotatable bonds is 5. The van der Waals surface area contributed by atoms with Crippen molar-refractivity contribution >= 4 is 0 Å². The first-order chi connectivity index (χ1) is 9.17. The molecule has 2 aromatic rings. The lowest BCUT2D eigenvalue weighted by molar-refractivity contribution is 0.203. The molecule has 102 valence electrons. The van der Waals surface area contributed by atoms with Gasteiger partial charge in [-0.1, -0.05) is 12.1 Å². The van der Waals surface area contributed by atoms with Gasteiger partial charge in [0.25, 0.3) is 0 Å². The molecule has 0 radical (unpaired) electrons. The van der Waals surface area contributed by atoms with Crippen LogP contribution in [0.5, 0.6) is 11.5 Å². The van der Waals surface area contributed by atoms with Crippen molar-refractivity contribution in [3.8, 4) is 11.5 Å². The second-order valence-corrected chi connectivity index (χ2v) is 4.13. The number of methoxy groups -OCH3 is 1. The third-order valence-corrected chi connectivity index (χ3v) is 2.91. The zero-order valence-corrected chi connectivity index (χ0v) is 11.3. The van der Waals surface area contributed by atoms with Crippen LogP contribution in [-0.2, 0) is 7.05 Å². The molecule has 1 aromatic carbocycles. The van der Waals surface area contributed by atoms with Crippen LogP contribution in [0, 0.1) is 0 Å². The maximum Gasteiger partial charge on any atom is 0.162 e. The molecule has 0 aliphatic heterocycles. The van der Waals surface area contributed by atoms with Crippen LogP contribution in [0.15, 0.2) is 30.5 Å². The zero-order chi connectivity index (χ0) is 13.8. The molecular formula is C14H18N2O3. The van der Waals surface area contributed by atoms with Gasteiger partial charge in [0.1, 0.15) is 17.5 Å². The third kappa shape index (κ3) is 2.71. The summed E-state index contributed by atoms with van der Waals surface area (Å²) in [6, 6.07) is 7.38. The molecule has 0 aliphatic rings. The monoisotopic (exact) mass is 262 g/mol. The van der Waals surface area contributed by atoms with Crippen molar-refractivity contribution < 1.29 is 14.6 Å². The Morgan fingerprint density at radius 2 is 2.21 bits per heavy atom. The minimum Gasteiger partial charge on any atom is -0.494 e. The van der Waals surface area contributed by atoms with E-state index in [9.17, 15) is 5.11 Å². The minimum atomic E-state index is -0.803. The Kier molecular flexibility index (Phi) is 4.06.